The SMILES string of the molecule is O=C(NC1(C(=O)O)CCCCCC1)c1cncc(N2CCCC2)n1. The van der Waals surface area contributed by atoms with Crippen LogP contribution in [0.25, 0.3) is 0 Å². The van der Waals surface area contributed by atoms with Gasteiger partial charge in [0, 0.05) is 13.1 Å². The second kappa shape index (κ2) is 7.15. The fourth-order valence-corrected chi connectivity index (χ4v) is 3.57. The van der Waals surface area contributed by atoms with Crippen LogP contribution in [0.3, 0.4) is 0 Å². The van der Waals surface area contributed by atoms with Gasteiger partial charge in [-0.25, -0.2) is 9.78 Å². The van der Waals surface area contributed by atoms with Gasteiger partial charge in [-0.2, -0.15) is 0 Å². The Bertz CT molecular complexity index is 606. The number of carbonyl (C=O) groups is 2. The van der Waals surface area contributed by atoms with Crippen LogP contribution < -0.4 is 10.2 Å². The third-order valence-electron chi connectivity index (χ3n) is 5.00. The van der Waals surface area contributed by atoms with Gasteiger partial charge < -0.3 is 15.3 Å². The Morgan fingerprint density at radius 1 is 1.04 bits per heavy atom. The van der Waals surface area contributed by atoms with Gasteiger partial charge in [0.1, 0.15) is 17.1 Å². The highest BCUT2D eigenvalue weighted by Crippen LogP contribution is 2.28. The zero-order valence-corrected chi connectivity index (χ0v) is 13.8. The molecule has 1 aromatic heterocycles. The molecule has 1 aliphatic carbocycles. The van der Waals surface area contributed by atoms with Crippen molar-refractivity contribution in [3.63, 3.8) is 0 Å². The summed E-state index contributed by atoms with van der Waals surface area (Å²) in [4.78, 5) is 35.0. The van der Waals surface area contributed by atoms with Crippen molar-refractivity contribution in [1.29, 1.82) is 0 Å². The third-order valence-corrected chi connectivity index (χ3v) is 5.00. The summed E-state index contributed by atoms with van der Waals surface area (Å²) in [6, 6.07) is 0. The summed E-state index contributed by atoms with van der Waals surface area (Å²) in [5.74, 6) is -0.723. The van der Waals surface area contributed by atoms with Crippen molar-refractivity contribution in [1.82, 2.24) is 15.3 Å². The molecule has 7 nitrogen and oxygen atoms in total. The van der Waals surface area contributed by atoms with Gasteiger partial charge in [-0.3, -0.25) is 9.78 Å². The van der Waals surface area contributed by atoms with E-state index in [1.54, 1.807) is 6.20 Å². The molecule has 1 saturated heterocycles. The summed E-state index contributed by atoms with van der Waals surface area (Å²) in [6.07, 6.45) is 9.85. The second-order valence-corrected chi connectivity index (χ2v) is 6.71. The molecule has 130 valence electrons. The quantitative estimate of drug-likeness (QED) is 0.819. The molecule has 0 radical (unpaired) electrons. The van der Waals surface area contributed by atoms with Crippen molar-refractivity contribution in [2.24, 2.45) is 0 Å². The highest BCUT2D eigenvalue weighted by Gasteiger charge is 2.40. The van der Waals surface area contributed by atoms with Crippen molar-refractivity contribution < 1.29 is 14.7 Å². The van der Waals surface area contributed by atoms with Crippen LogP contribution in [0.5, 0.6) is 0 Å². The lowest BCUT2D eigenvalue weighted by molar-refractivity contribution is -0.145. The first-order chi connectivity index (χ1) is 11.6. The zero-order chi connectivity index (χ0) is 17.0. The highest BCUT2D eigenvalue weighted by atomic mass is 16.4. The lowest BCUT2D eigenvalue weighted by Gasteiger charge is -2.29. The minimum Gasteiger partial charge on any atom is -0.480 e. The third kappa shape index (κ3) is 3.49. The van der Waals surface area contributed by atoms with E-state index in [9.17, 15) is 14.7 Å². The number of nitrogens with zero attached hydrogens (tertiary/aromatic N) is 3. The van der Waals surface area contributed by atoms with E-state index in [0.717, 1.165) is 51.6 Å². The molecule has 2 N–H and O–H groups in total. The number of amides is 1. The van der Waals surface area contributed by atoms with E-state index in [0.29, 0.717) is 18.7 Å². The van der Waals surface area contributed by atoms with Crippen molar-refractivity contribution in [3.8, 4) is 0 Å². The normalized spacial score (nSPS) is 20.4. The molecule has 7 heteroatoms. The molecule has 2 fully saturated rings. The molecule has 0 atom stereocenters. The maximum atomic E-state index is 12.6. The van der Waals surface area contributed by atoms with Crippen molar-refractivity contribution in [2.75, 3.05) is 18.0 Å². The van der Waals surface area contributed by atoms with Gasteiger partial charge >= 0.3 is 5.97 Å². The largest absolute Gasteiger partial charge is 0.480 e. The van der Waals surface area contributed by atoms with Gasteiger partial charge in [0.05, 0.1) is 12.4 Å². The molecule has 3 rings (SSSR count). The first-order valence-corrected chi connectivity index (χ1v) is 8.74. The molecule has 0 aromatic carbocycles. The molecule has 2 heterocycles. The molecule has 0 unspecified atom stereocenters. The number of aliphatic carboxylic acids is 1. The molecule has 0 bridgehead atoms. The Kier molecular flexibility index (Phi) is 4.97. The van der Waals surface area contributed by atoms with Gasteiger partial charge in [-0.15, -0.1) is 0 Å². The average molecular weight is 332 g/mol. The number of carboxylic acids is 1. The van der Waals surface area contributed by atoms with Gasteiger partial charge in [-0.1, -0.05) is 25.7 Å². The van der Waals surface area contributed by atoms with Crippen LogP contribution >= 0.6 is 0 Å². The van der Waals surface area contributed by atoms with Gasteiger partial charge in [0.15, 0.2) is 0 Å². The Morgan fingerprint density at radius 2 is 1.71 bits per heavy atom. The fourth-order valence-electron chi connectivity index (χ4n) is 3.57. The molecule has 0 spiro atoms. The number of hydrogen-bond acceptors (Lipinski definition) is 5. The van der Waals surface area contributed by atoms with Crippen LogP contribution in [-0.2, 0) is 4.79 Å². The minimum atomic E-state index is -1.18. The van der Waals surface area contributed by atoms with E-state index >= 15 is 0 Å². The van der Waals surface area contributed by atoms with E-state index in [1.165, 1.54) is 6.20 Å². The van der Waals surface area contributed by atoms with Crippen LogP contribution in [-0.4, -0.2) is 45.6 Å². The topological polar surface area (TPSA) is 95.4 Å². The lowest BCUT2D eigenvalue weighted by Crippen LogP contribution is -2.54. The Labute approximate surface area is 141 Å². The molecule has 24 heavy (non-hydrogen) atoms. The van der Waals surface area contributed by atoms with Crippen LogP contribution in [0.2, 0.25) is 0 Å². The van der Waals surface area contributed by atoms with Crippen LogP contribution in [0.4, 0.5) is 5.82 Å². The first kappa shape index (κ1) is 16.7. The molecular weight excluding hydrogens is 308 g/mol. The standard InChI is InChI=1S/C17H24N4O3/c22-15(20-17(16(23)24)7-3-1-2-4-8-17)13-11-18-12-14(19-13)21-9-5-6-10-21/h11-12H,1-10H2,(H,20,22)(H,23,24). The number of carboxylic acid groups (broad SMARTS) is 1. The van der Waals surface area contributed by atoms with Gasteiger partial charge in [-0.05, 0) is 25.7 Å². The lowest BCUT2D eigenvalue weighted by atomic mass is 9.90. The number of rotatable bonds is 4. The number of carbonyl (C=O) groups excluding carboxylic acids is 1. The first-order valence-electron chi connectivity index (χ1n) is 8.74. The van der Waals surface area contributed by atoms with Crippen LogP contribution in [0.15, 0.2) is 12.4 Å². The van der Waals surface area contributed by atoms with Crippen LogP contribution in [0.1, 0.15) is 61.9 Å². The van der Waals surface area contributed by atoms with Crippen molar-refractivity contribution in [2.45, 2.75) is 56.9 Å². The van der Waals surface area contributed by atoms with Crippen molar-refractivity contribution >= 4 is 17.7 Å². The number of aromatic nitrogens is 2. The summed E-state index contributed by atoms with van der Waals surface area (Å²) < 4.78 is 0. The highest BCUT2D eigenvalue weighted by molar-refractivity contribution is 5.96. The smallest absolute Gasteiger partial charge is 0.329 e. The summed E-state index contributed by atoms with van der Waals surface area (Å²) in [5, 5.41) is 12.4. The Hall–Kier alpha value is -2.18. The molecular formula is C17H24N4O3. The van der Waals surface area contributed by atoms with E-state index < -0.39 is 17.4 Å². The van der Waals surface area contributed by atoms with Gasteiger partial charge in [0.25, 0.3) is 5.91 Å². The molecule has 1 saturated carbocycles. The fraction of sp³-hybridized carbons (Fsp3) is 0.647. The number of hydrogen-bond donors (Lipinski definition) is 2. The zero-order valence-electron chi connectivity index (χ0n) is 13.8. The minimum absolute atomic E-state index is 0.185. The predicted molar refractivity (Wildman–Crippen MR) is 89.0 cm³/mol. The molecule has 1 aliphatic heterocycles. The maximum Gasteiger partial charge on any atom is 0.329 e. The van der Waals surface area contributed by atoms with E-state index in [2.05, 4.69) is 20.2 Å². The van der Waals surface area contributed by atoms with E-state index in [4.69, 9.17) is 0 Å². The summed E-state index contributed by atoms with van der Waals surface area (Å²) in [5.41, 5.74) is -0.997. The molecule has 1 aromatic rings. The Balaban J connectivity index is 1.77. The van der Waals surface area contributed by atoms with Crippen molar-refractivity contribution in [3.05, 3.63) is 18.1 Å². The van der Waals surface area contributed by atoms with E-state index in [-0.39, 0.29) is 5.69 Å². The Morgan fingerprint density at radius 3 is 2.33 bits per heavy atom. The van der Waals surface area contributed by atoms with Crippen LogP contribution in [0, 0.1) is 0 Å². The van der Waals surface area contributed by atoms with E-state index in [1.807, 2.05) is 0 Å². The molecule has 2 aliphatic rings. The number of nitrogens with one attached hydrogen (secondary N) is 1. The molecule has 1 amide bonds. The maximum absolute atomic E-state index is 12.6. The predicted octanol–water partition coefficient (Wildman–Crippen LogP) is 1.98. The average Bonchev–Trinajstić information content (AvgIpc) is 3.02. The number of anilines is 1. The summed E-state index contributed by atoms with van der Waals surface area (Å²) in [6.45, 7) is 1.83. The second-order valence-electron chi connectivity index (χ2n) is 6.71. The van der Waals surface area contributed by atoms with Gasteiger partial charge in [0.2, 0.25) is 0 Å². The summed E-state index contributed by atoms with van der Waals surface area (Å²) in [7, 11) is 0. The summed E-state index contributed by atoms with van der Waals surface area (Å²) >= 11 is 0. The monoisotopic (exact) mass is 332 g/mol.